The van der Waals surface area contributed by atoms with Gasteiger partial charge >= 0.3 is 0 Å². The third kappa shape index (κ3) is 7.36. The molecule has 1 saturated carbocycles. The summed E-state index contributed by atoms with van der Waals surface area (Å²) < 4.78 is 43.1. The highest BCUT2D eigenvalue weighted by molar-refractivity contribution is 5.64. The summed E-state index contributed by atoms with van der Waals surface area (Å²) in [6.45, 7) is 4.12. The van der Waals surface area contributed by atoms with Crippen LogP contribution in [-0.4, -0.2) is 0 Å². The Morgan fingerprint density at radius 1 is 0.758 bits per heavy atom. The lowest BCUT2D eigenvalue weighted by Crippen LogP contribution is -2.15. The summed E-state index contributed by atoms with van der Waals surface area (Å²) in [7, 11) is 0. The van der Waals surface area contributed by atoms with Gasteiger partial charge in [0.1, 0.15) is 5.82 Å². The summed E-state index contributed by atoms with van der Waals surface area (Å²) in [6, 6.07) is 12.5. The van der Waals surface area contributed by atoms with Gasteiger partial charge in [-0.15, -0.1) is 0 Å². The maximum absolute atomic E-state index is 14.5. The number of unbranched alkanes of at least 4 members (excludes halogenated alkanes) is 5. The zero-order chi connectivity index (χ0) is 23.7. The zero-order valence-electron chi connectivity index (χ0n) is 20.5. The lowest BCUT2D eigenvalue weighted by atomic mass is 9.77. The Bertz CT molecular complexity index is 832. The van der Waals surface area contributed by atoms with Crippen molar-refractivity contribution >= 4 is 0 Å². The first kappa shape index (κ1) is 25.8. The molecule has 0 amide bonds. The molecule has 0 nitrogen and oxygen atoms in total. The second-order valence-corrected chi connectivity index (χ2v) is 10.0. The van der Waals surface area contributed by atoms with E-state index in [9.17, 15) is 13.2 Å². The predicted octanol–water partition coefficient (Wildman–Crippen LogP) is 10.4. The molecule has 3 heteroatoms. The van der Waals surface area contributed by atoms with E-state index in [1.807, 2.05) is 19.1 Å². The number of hydrogen-bond donors (Lipinski definition) is 0. The van der Waals surface area contributed by atoms with Gasteiger partial charge in [-0.25, -0.2) is 13.2 Å². The fourth-order valence-corrected chi connectivity index (χ4v) is 5.29. The van der Waals surface area contributed by atoms with Gasteiger partial charge in [-0.05, 0) is 72.8 Å². The SMILES string of the molecule is CCCCCCC[C@H]1CC[C@H](c2ccc(-c3ccc(C(F)(F)CCCC)c(F)c3)cc2)CC1. The van der Waals surface area contributed by atoms with E-state index in [2.05, 4.69) is 19.1 Å². The third-order valence-electron chi connectivity index (χ3n) is 7.49. The van der Waals surface area contributed by atoms with Crippen LogP contribution < -0.4 is 0 Å². The topological polar surface area (TPSA) is 0 Å². The molecule has 0 N–H and O–H groups in total. The van der Waals surface area contributed by atoms with Crippen LogP contribution in [0.3, 0.4) is 0 Å². The Hall–Kier alpha value is -1.77. The van der Waals surface area contributed by atoms with Gasteiger partial charge in [-0.1, -0.05) is 89.1 Å². The molecule has 0 aromatic heterocycles. The molecule has 0 bridgehead atoms. The summed E-state index contributed by atoms with van der Waals surface area (Å²) in [6.07, 6.45) is 14.1. The fourth-order valence-electron chi connectivity index (χ4n) is 5.29. The normalized spacial score (nSPS) is 19.1. The van der Waals surface area contributed by atoms with Crippen molar-refractivity contribution in [3.63, 3.8) is 0 Å². The lowest BCUT2D eigenvalue weighted by Gasteiger charge is -2.29. The first-order valence-electron chi connectivity index (χ1n) is 13.2. The number of hydrogen-bond acceptors (Lipinski definition) is 0. The van der Waals surface area contributed by atoms with Gasteiger partial charge in [0.25, 0.3) is 5.92 Å². The van der Waals surface area contributed by atoms with Crippen LogP contribution in [-0.2, 0) is 5.92 Å². The largest absolute Gasteiger partial charge is 0.276 e. The first-order valence-corrected chi connectivity index (χ1v) is 13.2. The second kappa shape index (κ2) is 12.6. The van der Waals surface area contributed by atoms with Crippen molar-refractivity contribution in [2.45, 2.75) is 109 Å². The van der Waals surface area contributed by atoms with Crippen LogP contribution in [0.4, 0.5) is 13.2 Å². The monoisotopic (exact) mass is 458 g/mol. The molecule has 0 radical (unpaired) electrons. The van der Waals surface area contributed by atoms with Gasteiger partial charge in [0.05, 0.1) is 5.56 Å². The van der Waals surface area contributed by atoms with E-state index >= 15 is 0 Å². The van der Waals surface area contributed by atoms with Crippen LogP contribution in [0.15, 0.2) is 42.5 Å². The van der Waals surface area contributed by atoms with E-state index in [0.29, 0.717) is 24.3 Å². The van der Waals surface area contributed by atoms with E-state index in [1.165, 1.54) is 81.9 Å². The average molecular weight is 459 g/mol. The number of alkyl halides is 2. The highest BCUT2D eigenvalue weighted by Gasteiger charge is 2.33. The van der Waals surface area contributed by atoms with E-state index in [-0.39, 0.29) is 6.42 Å². The summed E-state index contributed by atoms with van der Waals surface area (Å²) in [5.74, 6) is -2.44. The van der Waals surface area contributed by atoms with Gasteiger partial charge < -0.3 is 0 Å². The maximum Gasteiger partial charge on any atom is 0.276 e. The molecule has 0 aliphatic heterocycles. The standard InChI is InChI=1S/C30H41F3/c1-3-5-7-8-9-10-23-11-13-24(14-12-23)25-15-17-26(18-16-25)27-19-20-28(29(31)22-27)30(32,33)21-6-4-2/h15-20,22-24H,3-14,21H2,1-2H3/t23-,24-. The van der Waals surface area contributed by atoms with Gasteiger partial charge in [0, 0.05) is 6.42 Å². The molecule has 0 atom stereocenters. The molecule has 3 rings (SSSR count). The van der Waals surface area contributed by atoms with Crippen LogP contribution in [0.5, 0.6) is 0 Å². The smallest absolute Gasteiger partial charge is 0.206 e. The number of rotatable bonds is 12. The summed E-state index contributed by atoms with van der Waals surface area (Å²) in [4.78, 5) is 0. The van der Waals surface area contributed by atoms with Gasteiger partial charge in [-0.2, -0.15) is 0 Å². The molecule has 0 saturated heterocycles. The zero-order valence-corrected chi connectivity index (χ0v) is 20.5. The molecule has 33 heavy (non-hydrogen) atoms. The number of benzene rings is 2. The summed E-state index contributed by atoms with van der Waals surface area (Å²) in [5, 5.41) is 0. The molecule has 2 aromatic carbocycles. The van der Waals surface area contributed by atoms with Crippen molar-refractivity contribution in [3.05, 3.63) is 59.4 Å². The summed E-state index contributed by atoms with van der Waals surface area (Å²) in [5.41, 5.74) is 2.39. The van der Waals surface area contributed by atoms with Crippen molar-refractivity contribution in [2.75, 3.05) is 0 Å². The van der Waals surface area contributed by atoms with Gasteiger partial charge in [-0.3, -0.25) is 0 Å². The minimum absolute atomic E-state index is 0.310. The van der Waals surface area contributed by atoms with E-state index < -0.39 is 17.3 Å². The molecule has 1 fully saturated rings. The highest BCUT2D eigenvalue weighted by atomic mass is 19.3. The third-order valence-corrected chi connectivity index (χ3v) is 7.49. The van der Waals surface area contributed by atoms with Crippen LogP contribution in [0.25, 0.3) is 11.1 Å². The Balaban J connectivity index is 1.55. The van der Waals surface area contributed by atoms with Gasteiger partial charge in [0.2, 0.25) is 0 Å². The van der Waals surface area contributed by atoms with Crippen LogP contribution >= 0.6 is 0 Å². The lowest BCUT2D eigenvalue weighted by molar-refractivity contribution is -0.0187. The van der Waals surface area contributed by atoms with Gasteiger partial charge in [0.15, 0.2) is 0 Å². The Morgan fingerprint density at radius 2 is 1.39 bits per heavy atom. The van der Waals surface area contributed by atoms with Crippen LogP contribution in [0.1, 0.15) is 114 Å². The first-order chi connectivity index (χ1) is 15.9. The van der Waals surface area contributed by atoms with Crippen molar-refractivity contribution in [3.8, 4) is 11.1 Å². The minimum Gasteiger partial charge on any atom is -0.206 e. The molecule has 0 heterocycles. The molecule has 0 unspecified atom stereocenters. The van der Waals surface area contributed by atoms with Crippen molar-refractivity contribution in [1.29, 1.82) is 0 Å². The molecule has 1 aliphatic rings. The Kier molecular flexibility index (Phi) is 9.89. The second-order valence-electron chi connectivity index (χ2n) is 10.0. The quantitative estimate of drug-likeness (QED) is 0.277. The fraction of sp³-hybridized carbons (Fsp3) is 0.600. The predicted molar refractivity (Wildman–Crippen MR) is 133 cm³/mol. The van der Waals surface area contributed by atoms with Crippen molar-refractivity contribution in [1.82, 2.24) is 0 Å². The highest BCUT2D eigenvalue weighted by Crippen LogP contribution is 2.39. The molecule has 182 valence electrons. The molecular formula is C30H41F3. The molecule has 0 spiro atoms. The Morgan fingerprint density at radius 3 is 2.03 bits per heavy atom. The molecule has 2 aromatic rings. The van der Waals surface area contributed by atoms with Crippen LogP contribution in [0, 0.1) is 11.7 Å². The Labute approximate surface area is 199 Å². The molecular weight excluding hydrogens is 417 g/mol. The minimum atomic E-state index is -3.11. The molecule has 1 aliphatic carbocycles. The van der Waals surface area contributed by atoms with Crippen molar-refractivity contribution < 1.29 is 13.2 Å². The maximum atomic E-state index is 14.5. The van der Waals surface area contributed by atoms with Crippen molar-refractivity contribution in [2.24, 2.45) is 5.92 Å². The van der Waals surface area contributed by atoms with E-state index in [1.54, 1.807) is 6.07 Å². The summed E-state index contributed by atoms with van der Waals surface area (Å²) >= 11 is 0. The van der Waals surface area contributed by atoms with E-state index in [0.717, 1.165) is 11.5 Å². The van der Waals surface area contributed by atoms with Crippen LogP contribution in [0.2, 0.25) is 0 Å². The van der Waals surface area contributed by atoms with E-state index in [4.69, 9.17) is 0 Å². The number of halogens is 3. The average Bonchev–Trinajstić information content (AvgIpc) is 2.83.